The van der Waals surface area contributed by atoms with Crippen LogP contribution in [0.15, 0.2) is 48.8 Å². The molecule has 8 heteroatoms. The maximum absolute atomic E-state index is 12.4. The summed E-state index contributed by atoms with van der Waals surface area (Å²) < 4.78 is 11.6. The summed E-state index contributed by atoms with van der Waals surface area (Å²) in [6.07, 6.45) is 15.0. The van der Waals surface area contributed by atoms with E-state index in [4.69, 9.17) is 21.1 Å². The zero-order chi connectivity index (χ0) is 25.0. The third-order valence-corrected chi connectivity index (χ3v) is 7.56. The highest BCUT2D eigenvalue weighted by Crippen LogP contribution is 2.41. The molecule has 2 fully saturated rings. The van der Waals surface area contributed by atoms with Crippen LogP contribution in [-0.4, -0.2) is 30.0 Å². The number of halogens is 1. The number of esters is 2. The smallest absolute Gasteiger partial charge is 0.309 e. The van der Waals surface area contributed by atoms with Crippen molar-refractivity contribution in [2.75, 3.05) is 18.4 Å². The van der Waals surface area contributed by atoms with Gasteiger partial charge in [0.1, 0.15) is 0 Å². The van der Waals surface area contributed by atoms with Crippen molar-refractivity contribution in [2.45, 2.75) is 63.2 Å². The van der Waals surface area contributed by atoms with Crippen molar-refractivity contribution >= 4 is 29.2 Å². The van der Waals surface area contributed by atoms with Crippen LogP contribution in [0, 0.1) is 5.92 Å². The van der Waals surface area contributed by atoms with Crippen LogP contribution in [0.5, 0.6) is 0 Å². The first-order valence-corrected chi connectivity index (χ1v) is 13.2. The molecule has 1 spiro atoms. The molecule has 36 heavy (non-hydrogen) atoms. The number of benzene rings is 1. The highest BCUT2D eigenvalue weighted by atomic mass is 35.5. The second-order valence-corrected chi connectivity index (χ2v) is 10.2. The van der Waals surface area contributed by atoms with Gasteiger partial charge in [-0.1, -0.05) is 49.1 Å². The number of nitrogens with zero attached hydrogens (tertiary/aromatic N) is 1. The Morgan fingerprint density at radius 3 is 2.58 bits per heavy atom. The molecule has 1 atom stereocenters. The Bertz CT molecular complexity index is 1110. The summed E-state index contributed by atoms with van der Waals surface area (Å²) >= 11 is 6.77. The van der Waals surface area contributed by atoms with Crippen molar-refractivity contribution in [3.8, 4) is 0 Å². The lowest BCUT2D eigenvalue weighted by atomic mass is 9.88. The topological polar surface area (TPSA) is 89.6 Å². The summed E-state index contributed by atoms with van der Waals surface area (Å²) in [4.78, 5) is 29.2. The van der Waals surface area contributed by atoms with E-state index >= 15 is 0 Å². The van der Waals surface area contributed by atoms with Gasteiger partial charge in [0.2, 0.25) is 0 Å². The Morgan fingerprint density at radius 2 is 1.86 bits per heavy atom. The molecule has 0 bridgehead atoms. The van der Waals surface area contributed by atoms with E-state index < -0.39 is 17.7 Å². The van der Waals surface area contributed by atoms with Crippen molar-refractivity contribution in [3.05, 3.63) is 70.5 Å². The molecule has 3 aliphatic rings. The maximum atomic E-state index is 12.4. The Labute approximate surface area is 216 Å². The van der Waals surface area contributed by atoms with Gasteiger partial charge in [0.25, 0.3) is 5.79 Å². The number of aromatic nitrogens is 1. The first kappa shape index (κ1) is 24.8. The Hall–Kier alpha value is -2.90. The van der Waals surface area contributed by atoms with Gasteiger partial charge in [-0.15, -0.1) is 0 Å². The molecule has 7 nitrogen and oxygen atoms in total. The number of rotatable bonds is 5. The maximum Gasteiger partial charge on any atom is 0.309 e. The summed E-state index contributed by atoms with van der Waals surface area (Å²) in [5, 5.41) is 7.48. The number of carbonyl (C=O) groups is 2. The van der Waals surface area contributed by atoms with E-state index in [0.717, 1.165) is 16.8 Å². The molecule has 1 aliphatic carbocycles. The van der Waals surface area contributed by atoms with E-state index in [-0.39, 0.29) is 25.4 Å². The molecular weight excluding hydrogens is 478 g/mol. The highest BCUT2D eigenvalue weighted by Gasteiger charge is 2.46. The van der Waals surface area contributed by atoms with Crippen molar-refractivity contribution in [1.82, 2.24) is 10.3 Å². The first-order valence-electron chi connectivity index (χ1n) is 12.8. The average Bonchev–Trinajstić information content (AvgIpc) is 3.16. The minimum atomic E-state index is -1.51. The number of ether oxygens (including phenoxy) is 2. The molecule has 190 valence electrons. The molecule has 2 N–H and O–H groups in total. The number of hydrogen-bond acceptors (Lipinski definition) is 7. The van der Waals surface area contributed by atoms with Gasteiger partial charge in [0, 0.05) is 18.0 Å². The van der Waals surface area contributed by atoms with Crippen LogP contribution in [0.3, 0.4) is 0 Å². The molecule has 1 saturated heterocycles. The lowest BCUT2D eigenvalue weighted by Crippen LogP contribution is -2.43. The van der Waals surface area contributed by atoms with Gasteiger partial charge in [0.15, 0.2) is 0 Å². The van der Waals surface area contributed by atoms with Crippen LogP contribution < -0.4 is 10.6 Å². The van der Waals surface area contributed by atoms with Gasteiger partial charge in [-0.2, -0.15) is 0 Å². The summed E-state index contributed by atoms with van der Waals surface area (Å²) in [5.41, 5.74) is 3.28. The summed E-state index contributed by atoms with van der Waals surface area (Å²) in [6, 6.07) is 7.39. The highest BCUT2D eigenvalue weighted by molar-refractivity contribution is 6.33. The standard InChI is InChI=1S/C28H32ClN3O4/c29-23-10-9-22-21(14-16-31-18-28(22)35-25(33)12-13-26(34)36-28)27(23)32-24(20-7-4-15-30-17-20)11-8-19-5-2-1-3-6-19/h4,7-11,15,17,19,24,31-32H,1-3,5-6,12-14,16,18H2/b11-8-. The predicted octanol–water partition coefficient (Wildman–Crippen LogP) is 5.20. The van der Waals surface area contributed by atoms with E-state index in [1.165, 1.54) is 32.1 Å². The minimum absolute atomic E-state index is 0.00363. The van der Waals surface area contributed by atoms with Gasteiger partial charge in [-0.05, 0) is 61.1 Å². The average molecular weight is 510 g/mol. The number of anilines is 1. The number of fused-ring (bicyclic) bond motifs is 2. The lowest BCUT2D eigenvalue weighted by Gasteiger charge is -2.32. The van der Waals surface area contributed by atoms with Gasteiger partial charge < -0.3 is 20.1 Å². The number of nitrogens with one attached hydrogen (secondary N) is 2. The van der Waals surface area contributed by atoms with Crippen LogP contribution in [0.4, 0.5) is 5.69 Å². The van der Waals surface area contributed by atoms with E-state index in [2.05, 4.69) is 27.8 Å². The number of hydrogen-bond donors (Lipinski definition) is 2. The molecule has 1 saturated carbocycles. The van der Waals surface area contributed by atoms with Crippen molar-refractivity contribution in [1.29, 1.82) is 0 Å². The molecule has 0 radical (unpaired) electrons. The van der Waals surface area contributed by atoms with Crippen LogP contribution in [-0.2, 0) is 31.3 Å². The minimum Gasteiger partial charge on any atom is -0.416 e. The Morgan fingerprint density at radius 1 is 1.08 bits per heavy atom. The molecule has 1 aromatic heterocycles. The van der Waals surface area contributed by atoms with Gasteiger partial charge in [-0.3, -0.25) is 14.6 Å². The van der Waals surface area contributed by atoms with Crippen LogP contribution in [0.1, 0.15) is 67.7 Å². The second-order valence-electron chi connectivity index (χ2n) is 9.77. The summed E-state index contributed by atoms with van der Waals surface area (Å²) in [5.74, 6) is -1.85. The van der Waals surface area contributed by atoms with Crippen molar-refractivity contribution in [2.24, 2.45) is 5.92 Å². The monoisotopic (exact) mass is 509 g/mol. The van der Waals surface area contributed by atoms with Crippen LogP contribution in [0.2, 0.25) is 5.02 Å². The van der Waals surface area contributed by atoms with Crippen LogP contribution >= 0.6 is 11.6 Å². The summed E-state index contributed by atoms with van der Waals surface area (Å²) in [6.45, 7) is 0.806. The number of carbonyl (C=O) groups excluding carboxylic acids is 2. The van der Waals surface area contributed by atoms with Crippen molar-refractivity contribution in [3.63, 3.8) is 0 Å². The van der Waals surface area contributed by atoms with Crippen molar-refractivity contribution < 1.29 is 19.1 Å². The third-order valence-electron chi connectivity index (χ3n) is 7.24. The van der Waals surface area contributed by atoms with E-state index in [1.54, 1.807) is 18.3 Å². The van der Waals surface area contributed by atoms with E-state index in [9.17, 15) is 9.59 Å². The fourth-order valence-electron chi connectivity index (χ4n) is 5.38. The molecule has 1 aromatic carbocycles. The normalized spacial score (nSPS) is 21.2. The van der Waals surface area contributed by atoms with Crippen LogP contribution in [0.25, 0.3) is 0 Å². The Balaban J connectivity index is 1.54. The fourth-order valence-corrected chi connectivity index (χ4v) is 5.61. The quantitative estimate of drug-likeness (QED) is 0.422. The molecule has 0 amide bonds. The Kier molecular flexibility index (Phi) is 7.58. The first-order chi connectivity index (χ1) is 17.5. The fraction of sp³-hybridized carbons (Fsp3) is 0.464. The zero-order valence-electron chi connectivity index (χ0n) is 20.3. The molecule has 2 aromatic rings. The van der Waals surface area contributed by atoms with Gasteiger partial charge >= 0.3 is 11.9 Å². The third kappa shape index (κ3) is 5.42. The number of allylic oxidation sites excluding steroid dienone is 1. The van der Waals surface area contributed by atoms with E-state index in [1.807, 2.05) is 18.3 Å². The molecule has 1 unspecified atom stereocenters. The predicted molar refractivity (Wildman–Crippen MR) is 137 cm³/mol. The van der Waals surface area contributed by atoms with E-state index in [0.29, 0.717) is 29.5 Å². The SMILES string of the molecule is O=C1CCC(=O)OC2(CNCCc3c2ccc(Cl)c3NC(/C=C\C2CCCCC2)c2cccnc2)O1. The molecule has 5 rings (SSSR count). The second kappa shape index (κ2) is 11.0. The lowest BCUT2D eigenvalue weighted by molar-refractivity contribution is -0.225. The molecule has 2 aliphatic heterocycles. The van der Waals surface area contributed by atoms with Gasteiger partial charge in [0.05, 0.1) is 36.1 Å². The molecular formula is C28H32ClN3O4. The zero-order valence-corrected chi connectivity index (χ0v) is 21.1. The number of pyridine rings is 1. The van der Waals surface area contributed by atoms with Gasteiger partial charge in [-0.25, -0.2) is 0 Å². The largest absolute Gasteiger partial charge is 0.416 e. The summed E-state index contributed by atoms with van der Waals surface area (Å²) in [7, 11) is 0. The molecule has 3 heterocycles.